The molecule has 0 spiro atoms. The number of aliphatic carboxylic acids is 1. The summed E-state index contributed by atoms with van der Waals surface area (Å²) in [4.78, 5) is 22.4. The highest BCUT2D eigenvalue weighted by Crippen LogP contribution is 2.17. The topological polar surface area (TPSA) is 66.4 Å². The van der Waals surface area contributed by atoms with Gasteiger partial charge >= 0.3 is 5.97 Å². The lowest BCUT2D eigenvalue weighted by Crippen LogP contribution is -2.31. The van der Waals surface area contributed by atoms with Crippen molar-refractivity contribution < 1.29 is 14.7 Å². The normalized spacial score (nSPS) is 12.4. The van der Waals surface area contributed by atoms with Crippen molar-refractivity contribution in [2.75, 3.05) is 6.54 Å². The van der Waals surface area contributed by atoms with Crippen LogP contribution in [0.25, 0.3) is 0 Å². The predicted molar refractivity (Wildman–Crippen MR) is 77.0 cm³/mol. The highest BCUT2D eigenvalue weighted by molar-refractivity contribution is 5.78. The predicted octanol–water partition coefficient (Wildman–Crippen LogP) is 3.21. The molecule has 4 nitrogen and oxygen atoms in total. The van der Waals surface area contributed by atoms with Crippen LogP contribution >= 0.6 is 0 Å². The Morgan fingerprint density at radius 2 is 1.68 bits per heavy atom. The fourth-order valence-corrected chi connectivity index (χ4v) is 2.37. The van der Waals surface area contributed by atoms with Crippen molar-refractivity contribution in [2.45, 2.75) is 65.7 Å². The Morgan fingerprint density at radius 3 is 2.16 bits per heavy atom. The molecule has 19 heavy (non-hydrogen) atoms. The second-order valence-electron chi connectivity index (χ2n) is 5.18. The summed E-state index contributed by atoms with van der Waals surface area (Å²) in [6, 6.07) is 0. The standard InChI is InChI=1S/C15H29NO3/c1-4-7-12(8-9-14(17)18)10-11-16-15(19)13(5-2)6-3/h12-13H,4-11H2,1-3H3,(H,16,19)(H,17,18). The fraction of sp³-hybridized carbons (Fsp3) is 0.867. The molecule has 0 aliphatic rings. The molecule has 2 N–H and O–H groups in total. The van der Waals surface area contributed by atoms with Gasteiger partial charge in [-0.3, -0.25) is 9.59 Å². The first-order valence-electron chi connectivity index (χ1n) is 7.54. The van der Waals surface area contributed by atoms with Crippen LogP contribution in [0.1, 0.15) is 65.7 Å². The van der Waals surface area contributed by atoms with Gasteiger partial charge < -0.3 is 10.4 Å². The number of rotatable bonds is 11. The Labute approximate surface area is 117 Å². The number of hydrogen-bond donors (Lipinski definition) is 2. The maximum Gasteiger partial charge on any atom is 0.303 e. The molecule has 1 amide bonds. The lowest BCUT2D eigenvalue weighted by atomic mass is 9.94. The first-order chi connectivity index (χ1) is 9.04. The molecule has 0 bridgehead atoms. The molecule has 1 unspecified atom stereocenters. The third-order valence-corrected chi connectivity index (χ3v) is 3.67. The van der Waals surface area contributed by atoms with Gasteiger partial charge in [0, 0.05) is 18.9 Å². The van der Waals surface area contributed by atoms with Crippen LogP contribution in [-0.4, -0.2) is 23.5 Å². The first kappa shape index (κ1) is 17.9. The van der Waals surface area contributed by atoms with E-state index in [1.807, 2.05) is 13.8 Å². The molecule has 0 fully saturated rings. The van der Waals surface area contributed by atoms with E-state index in [0.717, 1.165) is 32.1 Å². The van der Waals surface area contributed by atoms with Crippen LogP contribution in [0, 0.1) is 11.8 Å². The number of carboxylic acids is 1. The molecule has 4 heteroatoms. The average Bonchev–Trinajstić information content (AvgIpc) is 2.37. The summed E-state index contributed by atoms with van der Waals surface area (Å²) in [5.41, 5.74) is 0. The molecule has 0 radical (unpaired) electrons. The fourth-order valence-electron chi connectivity index (χ4n) is 2.37. The largest absolute Gasteiger partial charge is 0.481 e. The smallest absolute Gasteiger partial charge is 0.303 e. The molecule has 0 aromatic heterocycles. The molecule has 0 saturated heterocycles. The Hall–Kier alpha value is -1.06. The number of carbonyl (C=O) groups excluding carboxylic acids is 1. The van der Waals surface area contributed by atoms with E-state index in [9.17, 15) is 9.59 Å². The van der Waals surface area contributed by atoms with E-state index < -0.39 is 5.97 Å². The lowest BCUT2D eigenvalue weighted by Gasteiger charge is -2.17. The van der Waals surface area contributed by atoms with Gasteiger partial charge in [0.05, 0.1) is 0 Å². The second kappa shape index (κ2) is 10.8. The molecule has 0 saturated carbocycles. The zero-order valence-electron chi connectivity index (χ0n) is 12.6. The van der Waals surface area contributed by atoms with Crippen LogP contribution in [0.15, 0.2) is 0 Å². The summed E-state index contributed by atoms with van der Waals surface area (Å²) in [7, 11) is 0. The molecule has 0 aromatic carbocycles. The zero-order chi connectivity index (χ0) is 14.7. The van der Waals surface area contributed by atoms with Gasteiger partial charge in [0.1, 0.15) is 0 Å². The summed E-state index contributed by atoms with van der Waals surface area (Å²) in [6.45, 7) is 6.83. The van der Waals surface area contributed by atoms with Crippen molar-refractivity contribution in [2.24, 2.45) is 11.8 Å². The van der Waals surface area contributed by atoms with Crippen molar-refractivity contribution in [3.05, 3.63) is 0 Å². The molecule has 1 atom stereocenters. The molecule has 0 aromatic rings. The first-order valence-corrected chi connectivity index (χ1v) is 7.54. The van der Waals surface area contributed by atoms with Crippen molar-refractivity contribution in [3.63, 3.8) is 0 Å². The molecular weight excluding hydrogens is 242 g/mol. The van der Waals surface area contributed by atoms with E-state index in [2.05, 4.69) is 12.2 Å². The minimum Gasteiger partial charge on any atom is -0.481 e. The average molecular weight is 271 g/mol. The number of carboxylic acid groups (broad SMARTS) is 1. The number of hydrogen-bond acceptors (Lipinski definition) is 2. The van der Waals surface area contributed by atoms with Gasteiger partial charge in [0.15, 0.2) is 0 Å². The Bertz CT molecular complexity index is 262. The van der Waals surface area contributed by atoms with Gasteiger partial charge in [-0.25, -0.2) is 0 Å². The van der Waals surface area contributed by atoms with Gasteiger partial charge in [0.25, 0.3) is 0 Å². The zero-order valence-corrected chi connectivity index (χ0v) is 12.6. The van der Waals surface area contributed by atoms with Crippen molar-refractivity contribution in [3.8, 4) is 0 Å². The molecular formula is C15H29NO3. The minimum absolute atomic E-state index is 0.114. The molecule has 0 aliphatic heterocycles. The van der Waals surface area contributed by atoms with Crippen LogP contribution in [-0.2, 0) is 9.59 Å². The monoisotopic (exact) mass is 271 g/mol. The summed E-state index contributed by atoms with van der Waals surface area (Å²) in [5.74, 6) is -0.0765. The van der Waals surface area contributed by atoms with Gasteiger partial charge in [-0.2, -0.15) is 0 Å². The van der Waals surface area contributed by atoms with E-state index in [1.165, 1.54) is 0 Å². The summed E-state index contributed by atoms with van der Waals surface area (Å²) >= 11 is 0. The Balaban J connectivity index is 3.97. The summed E-state index contributed by atoms with van der Waals surface area (Å²) in [5, 5.41) is 11.7. The van der Waals surface area contributed by atoms with Crippen molar-refractivity contribution >= 4 is 11.9 Å². The Kier molecular flexibility index (Phi) is 10.2. The molecule has 0 heterocycles. The molecule has 0 aliphatic carbocycles. The Morgan fingerprint density at radius 1 is 1.05 bits per heavy atom. The van der Waals surface area contributed by atoms with E-state index >= 15 is 0 Å². The SMILES string of the molecule is CCCC(CCNC(=O)C(CC)CC)CCC(=O)O. The van der Waals surface area contributed by atoms with Crippen LogP contribution in [0.5, 0.6) is 0 Å². The second-order valence-corrected chi connectivity index (χ2v) is 5.18. The van der Waals surface area contributed by atoms with Crippen LogP contribution < -0.4 is 5.32 Å². The van der Waals surface area contributed by atoms with Gasteiger partial charge in [-0.1, -0.05) is 33.6 Å². The van der Waals surface area contributed by atoms with Crippen molar-refractivity contribution in [1.82, 2.24) is 5.32 Å². The molecule has 112 valence electrons. The third-order valence-electron chi connectivity index (χ3n) is 3.67. The molecule has 0 rings (SSSR count). The quantitative estimate of drug-likeness (QED) is 0.606. The van der Waals surface area contributed by atoms with E-state index in [-0.39, 0.29) is 18.2 Å². The highest BCUT2D eigenvalue weighted by Gasteiger charge is 2.15. The van der Waals surface area contributed by atoms with E-state index in [0.29, 0.717) is 18.9 Å². The highest BCUT2D eigenvalue weighted by atomic mass is 16.4. The third kappa shape index (κ3) is 8.62. The summed E-state index contributed by atoms with van der Waals surface area (Å²) in [6.07, 6.45) is 5.67. The van der Waals surface area contributed by atoms with Crippen molar-refractivity contribution in [1.29, 1.82) is 0 Å². The van der Waals surface area contributed by atoms with E-state index in [1.54, 1.807) is 0 Å². The number of amides is 1. The summed E-state index contributed by atoms with van der Waals surface area (Å²) < 4.78 is 0. The van der Waals surface area contributed by atoms with Gasteiger partial charge in [-0.15, -0.1) is 0 Å². The van der Waals surface area contributed by atoms with Gasteiger partial charge in [0.2, 0.25) is 5.91 Å². The van der Waals surface area contributed by atoms with E-state index in [4.69, 9.17) is 5.11 Å². The maximum atomic E-state index is 11.8. The van der Waals surface area contributed by atoms with Gasteiger partial charge in [-0.05, 0) is 31.6 Å². The van der Waals surface area contributed by atoms with Crippen LogP contribution in [0.4, 0.5) is 0 Å². The van der Waals surface area contributed by atoms with Crippen LogP contribution in [0.2, 0.25) is 0 Å². The number of nitrogens with one attached hydrogen (secondary N) is 1. The lowest BCUT2D eigenvalue weighted by molar-refractivity contribution is -0.137. The van der Waals surface area contributed by atoms with Crippen LogP contribution in [0.3, 0.4) is 0 Å². The minimum atomic E-state index is -0.734. The maximum absolute atomic E-state index is 11.8. The number of carbonyl (C=O) groups is 2.